The van der Waals surface area contributed by atoms with Crippen molar-refractivity contribution >= 4 is 11.0 Å². The van der Waals surface area contributed by atoms with Gasteiger partial charge in [-0.15, -0.1) is 0 Å². The third-order valence-electron chi connectivity index (χ3n) is 4.02. The molecule has 0 aliphatic heterocycles. The molecule has 84 valence electrons. The maximum absolute atomic E-state index is 6.10. The van der Waals surface area contributed by atoms with Gasteiger partial charge in [-0.3, -0.25) is 0 Å². The Bertz CT molecular complexity index is 553. The van der Waals surface area contributed by atoms with Crippen molar-refractivity contribution in [3.8, 4) is 0 Å². The monoisotopic (exact) mass is 215 g/mol. The summed E-state index contributed by atoms with van der Waals surface area (Å²) in [5.41, 5.74) is 9.90. The highest BCUT2D eigenvalue weighted by Crippen LogP contribution is 2.57. The third kappa shape index (κ3) is 1.15. The van der Waals surface area contributed by atoms with Crippen LogP contribution in [-0.2, 0) is 7.05 Å². The van der Waals surface area contributed by atoms with Crippen molar-refractivity contribution in [2.45, 2.75) is 25.8 Å². The van der Waals surface area contributed by atoms with Crippen LogP contribution in [0.2, 0.25) is 0 Å². The Hall–Kier alpha value is -1.35. The fraction of sp³-hybridized carbons (Fsp3) is 0.462. The first-order valence-corrected chi connectivity index (χ1v) is 5.68. The van der Waals surface area contributed by atoms with E-state index in [1.54, 1.807) is 0 Å². The molecular formula is C13H17N3. The second kappa shape index (κ2) is 2.86. The molecule has 1 aliphatic rings. The van der Waals surface area contributed by atoms with Crippen molar-refractivity contribution in [1.29, 1.82) is 0 Å². The summed E-state index contributed by atoms with van der Waals surface area (Å²) in [5.74, 6) is 0.485. The van der Waals surface area contributed by atoms with Gasteiger partial charge in [0.1, 0.15) is 0 Å². The fourth-order valence-electron chi connectivity index (χ4n) is 2.66. The van der Waals surface area contributed by atoms with Crippen LogP contribution >= 0.6 is 0 Å². The lowest BCUT2D eigenvalue weighted by Crippen LogP contribution is -2.06. The van der Waals surface area contributed by atoms with E-state index in [4.69, 9.17) is 5.73 Å². The molecule has 1 heterocycles. The van der Waals surface area contributed by atoms with E-state index in [9.17, 15) is 0 Å². The maximum atomic E-state index is 6.10. The lowest BCUT2D eigenvalue weighted by atomic mass is 10.0. The minimum Gasteiger partial charge on any atom is -0.334 e. The predicted octanol–water partition coefficient (Wildman–Crippen LogP) is 2.02. The zero-order valence-corrected chi connectivity index (χ0v) is 9.94. The van der Waals surface area contributed by atoms with Gasteiger partial charge in [-0.25, -0.2) is 4.98 Å². The van der Waals surface area contributed by atoms with E-state index in [2.05, 4.69) is 37.0 Å². The lowest BCUT2D eigenvalue weighted by molar-refractivity contribution is 0.599. The third-order valence-corrected chi connectivity index (χ3v) is 4.02. The van der Waals surface area contributed by atoms with Crippen LogP contribution in [0.3, 0.4) is 0 Å². The molecule has 3 nitrogen and oxygen atoms in total. The molecule has 2 atom stereocenters. The number of hydrogen-bond acceptors (Lipinski definition) is 2. The highest BCUT2D eigenvalue weighted by atomic mass is 15.0. The summed E-state index contributed by atoms with van der Waals surface area (Å²) in [4.78, 5) is 4.38. The summed E-state index contributed by atoms with van der Waals surface area (Å²) in [5, 5.41) is 0. The number of rotatable bonds is 1. The fourth-order valence-corrected chi connectivity index (χ4v) is 2.66. The Morgan fingerprint density at radius 2 is 2.06 bits per heavy atom. The van der Waals surface area contributed by atoms with E-state index in [1.807, 2.05) is 17.9 Å². The number of hydrogen-bond donors (Lipinski definition) is 1. The van der Waals surface area contributed by atoms with Crippen LogP contribution in [-0.4, -0.2) is 15.6 Å². The molecule has 0 saturated heterocycles. The number of nitrogens with two attached hydrogens (primary N) is 1. The molecular weight excluding hydrogens is 198 g/mol. The second-order valence-electron chi connectivity index (χ2n) is 5.43. The van der Waals surface area contributed by atoms with Gasteiger partial charge in [0.05, 0.1) is 17.4 Å². The quantitative estimate of drug-likeness (QED) is 0.791. The Labute approximate surface area is 95.3 Å². The van der Waals surface area contributed by atoms with Gasteiger partial charge in [-0.05, 0) is 23.1 Å². The molecule has 0 unspecified atom stereocenters. The van der Waals surface area contributed by atoms with E-state index in [1.165, 1.54) is 11.1 Å². The Kier molecular flexibility index (Phi) is 1.76. The van der Waals surface area contributed by atoms with Crippen LogP contribution in [0.4, 0.5) is 0 Å². The average molecular weight is 215 g/mol. The summed E-state index contributed by atoms with van der Waals surface area (Å²) >= 11 is 0. The molecule has 1 saturated carbocycles. The van der Waals surface area contributed by atoms with Crippen molar-refractivity contribution in [1.82, 2.24) is 9.55 Å². The van der Waals surface area contributed by atoms with Gasteiger partial charge in [-0.2, -0.15) is 0 Å². The van der Waals surface area contributed by atoms with Gasteiger partial charge in [0.15, 0.2) is 0 Å². The number of nitrogens with zero attached hydrogens (tertiary/aromatic N) is 2. The zero-order valence-electron chi connectivity index (χ0n) is 9.94. The first-order valence-electron chi connectivity index (χ1n) is 5.68. The highest BCUT2D eigenvalue weighted by molar-refractivity contribution is 5.76. The maximum Gasteiger partial charge on any atom is 0.0955 e. The Balaban J connectivity index is 2.07. The Morgan fingerprint density at radius 3 is 2.69 bits per heavy atom. The average Bonchev–Trinajstić information content (AvgIpc) is 2.57. The van der Waals surface area contributed by atoms with Crippen molar-refractivity contribution in [2.24, 2.45) is 18.2 Å². The molecule has 0 amide bonds. The molecule has 2 N–H and O–H groups in total. The van der Waals surface area contributed by atoms with Gasteiger partial charge >= 0.3 is 0 Å². The van der Waals surface area contributed by atoms with Gasteiger partial charge in [0, 0.05) is 19.0 Å². The molecule has 1 aromatic heterocycles. The summed E-state index contributed by atoms with van der Waals surface area (Å²) in [6, 6.07) is 6.78. The molecule has 3 heteroatoms. The van der Waals surface area contributed by atoms with Crippen LogP contribution in [0, 0.1) is 5.41 Å². The standard InChI is InChI=1S/C13H17N3/c1-13(2)11(12(13)14)8-4-5-10-9(6-8)15-7-16(10)3/h4-7,11-12H,14H2,1-3H3/t11-,12-/m0/s1. The first-order chi connectivity index (χ1) is 7.51. The van der Waals surface area contributed by atoms with Crippen molar-refractivity contribution in [2.75, 3.05) is 0 Å². The first kappa shape index (κ1) is 9.85. The van der Waals surface area contributed by atoms with E-state index in [-0.39, 0.29) is 11.5 Å². The molecule has 2 aromatic rings. The highest BCUT2D eigenvalue weighted by Gasteiger charge is 2.56. The number of aromatic nitrogens is 2. The van der Waals surface area contributed by atoms with E-state index in [0.717, 1.165) is 5.52 Å². The minimum absolute atomic E-state index is 0.239. The molecule has 0 bridgehead atoms. The van der Waals surface area contributed by atoms with Crippen LogP contribution in [0.25, 0.3) is 11.0 Å². The van der Waals surface area contributed by atoms with Crippen molar-refractivity contribution in [3.05, 3.63) is 30.1 Å². The number of aryl methyl sites for hydroxylation is 1. The van der Waals surface area contributed by atoms with Gasteiger partial charge < -0.3 is 10.3 Å². The molecule has 1 fully saturated rings. The summed E-state index contributed by atoms with van der Waals surface area (Å²) in [6.07, 6.45) is 1.85. The molecule has 1 aromatic carbocycles. The zero-order chi connectivity index (χ0) is 11.5. The second-order valence-corrected chi connectivity index (χ2v) is 5.43. The Morgan fingerprint density at radius 1 is 1.38 bits per heavy atom. The molecule has 3 rings (SSSR count). The largest absolute Gasteiger partial charge is 0.334 e. The van der Waals surface area contributed by atoms with Gasteiger partial charge in [0.2, 0.25) is 0 Å². The van der Waals surface area contributed by atoms with Crippen LogP contribution in [0.15, 0.2) is 24.5 Å². The predicted molar refractivity (Wildman–Crippen MR) is 65.2 cm³/mol. The summed E-state index contributed by atoms with van der Waals surface area (Å²) in [6.45, 7) is 4.45. The topological polar surface area (TPSA) is 43.8 Å². The molecule has 1 aliphatic carbocycles. The molecule has 0 radical (unpaired) electrons. The van der Waals surface area contributed by atoms with Gasteiger partial charge in [0.25, 0.3) is 0 Å². The van der Waals surface area contributed by atoms with Crippen LogP contribution in [0.5, 0.6) is 0 Å². The summed E-state index contributed by atoms with van der Waals surface area (Å²) in [7, 11) is 2.02. The normalized spacial score (nSPS) is 27.2. The molecule has 16 heavy (non-hydrogen) atoms. The van der Waals surface area contributed by atoms with E-state index >= 15 is 0 Å². The van der Waals surface area contributed by atoms with Crippen LogP contribution in [0.1, 0.15) is 25.3 Å². The van der Waals surface area contributed by atoms with Crippen LogP contribution < -0.4 is 5.73 Å². The lowest BCUT2D eigenvalue weighted by Gasteiger charge is -2.03. The van der Waals surface area contributed by atoms with E-state index in [0.29, 0.717) is 5.92 Å². The SMILES string of the molecule is Cn1cnc2cc([C@H]3[C@H](N)C3(C)C)ccc21. The van der Waals surface area contributed by atoms with E-state index < -0.39 is 0 Å². The number of fused-ring (bicyclic) bond motifs is 1. The smallest absolute Gasteiger partial charge is 0.0955 e. The van der Waals surface area contributed by atoms with Gasteiger partial charge in [-0.1, -0.05) is 19.9 Å². The summed E-state index contributed by atoms with van der Waals surface area (Å²) < 4.78 is 2.04. The number of imidazole rings is 1. The van der Waals surface area contributed by atoms with Crippen molar-refractivity contribution in [3.63, 3.8) is 0 Å². The van der Waals surface area contributed by atoms with Crippen molar-refractivity contribution < 1.29 is 0 Å². The molecule has 0 spiro atoms. The number of benzene rings is 1. The minimum atomic E-state index is 0.239.